The van der Waals surface area contributed by atoms with Crippen LogP contribution in [0.3, 0.4) is 0 Å². The monoisotopic (exact) mass is 200 g/mol. The lowest BCUT2D eigenvalue weighted by atomic mass is 9.87. The first kappa shape index (κ1) is 11.5. The van der Waals surface area contributed by atoms with Gasteiger partial charge in [-0.05, 0) is 13.8 Å². The molecule has 0 radical (unpaired) electrons. The van der Waals surface area contributed by atoms with E-state index in [1.165, 1.54) is 0 Å². The zero-order chi connectivity index (χ0) is 11.0. The van der Waals surface area contributed by atoms with Crippen molar-refractivity contribution >= 4 is 5.91 Å². The van der Waals surface area contributed by atoms with E-state index in [0.29, 0.717) is 13.2 Å². The van der Waals surface area contributed by atoms with Gasteiger partial charge in [0.15, 0.2) is 0 Å². The van der Waals surface area contributed by atoms with E-state index >= 15 is 0 Å². The number of hydrogen-bond acceptors (Lipinski definition) is 3. The standard InChI is InChI=1S/C10H20N2O2/c1-9(2)6-14-5-7(9)12-8(13)10(3,4)11/h7H,5-6,11H2,1-4H3,(H,12,13). The number of hydrogen-bond donors (Lipinski definition) is 2. The molecule has 4 nitrogen and oxygen atoms in total. The Kier molecular flexibility index (Phi) is 2.88. The molecule has 1 unspecified atom stereocenters. The lowest BCUT2D eigenvalue weighted by Crippen LogP contribution is -2.55. The van der Waals surface area contributed by atoms with Gasteiger partial charge in [0.2, 0.25) is 5.91 Å². The molecule has 1 saturated heterocycles. The summed E-state index contributed by atoms with van der Waals surface area (Å²) in [5, 5.41) is 2.92. The lowest BCUT2D eigenvalue weighted by molar-refractivity contribution is -0.126. The number of carbonyl (C=O) groups is 1. The van der Waals surface area contributed by atoms with Crippen molar-refractivity contribution in [1.82, 2.24) is 5.32 Å². The first-order valence-electron chi connectivity index (χ1n) is 4.91. The molecule has 1 aliphatic heterocycles. The third kappa shape index (κ3) is 2.45. The summed E-state index contributed by atoms with van der Waals surface area (Å²) < 4.78 is 5.33. The molecule has 0 spiro atoms. The molecule has 1 amide bonds. The highest BCUT2D eigenvalue weighted by atomic mass is 16.5. The van der Waals surface area contributed by atoms with E-state index in [1.54, 1.807) is 13.8 Å². The van der Waals surface area contributed by atoms with Gasteiger partial charge in [0.05, 0.1) is 24.8 Å². The summed E-state index contributed by atoms with van der Waals surface area (Å²) in [4.78, 5) is 11.6. The summed E-state index contributed by atoms with van der Waals surface area (Å²) in [6.45, 7) is 8.82. The Morgan fingerprint density at radius 2 is 2.14 bits per heavy atom. The first-order valence-corrected chi connectivity index (χ1v) is 4.91. The summed E-state index contributed by atoms with van der Waals surface area (Å²) in [6.07, 6.45) is 0. The van der Waals surface area contributed by atoms with Gasteiger partial charge >= 0.3 is 0 Å². The van der Waals surface area contributed by atoms with Crippen LogP contribution in [0.4, 0.5) is 0 Å². The average molecular weight is 200 g/mol. The van der Waals surface area contributed by atoms with Crippen LogP contribution in [-0.2, 0) is 9.53 Å². The molecule has 0 bridgehead atoms. The third-order valence-corrected chi connectivity index (χ3v) is 2.59. The lowest BCUT2D eigenvalue weighted by Gasteiger charge is -2.28. The van der Waals surface area contributed by atoms with Crippen LogP contribution in [-0.4, -0.2) is 30.7 Å². The second-order valence-electron chi connectivity index (χ2n) is 5.25. The molecule has 0 aromatic heterocycles. The maximum atomic E-state index is 11.6. The second kappa shape index (κ2) is 3.51. The molecule has 0 aromatic rings. The van der Waals surface area contributed by atoms with Gasteiger partial charge in [0.1, 0.15) is 0 Å². The quantitative estimate of drug-likeness (QED) is 0.672. The Bertz CT molecular complexity index is 231. The van der Waals surface area contributed by atoms with Crippen LogP contribution in [0.1, 0.15) is 27.7 Å². The molecule has 1 rings (SSSR count). The van der Waals surface area contributed by atoms with E-state index in [0.717, 1.165) is 0 Å². The van der Waals surface area contributed by atoms with Crippen molar-refractivity contribution in [2.45, 2.75) is 39.3 Å². The fourth-order valence-electron chi connectivity index (χ4n) is 1.35. The molecule has 0 saturated carbocycles. The van der Waals surface area contributed by atoms with Gasteiger partial charge in [0, 0.05) is 5.41 Å². The van der Waals surface area contributed by atoms with Crippen molar-refractivity contribution in [3.05, 3.63) is 0 Å². The average Bonchev–Trinajstić information content (AvgIpc) is 2.29. The Morgan fingerprint density at radius 3 is 2.50 bits per heavy atom. The summed E-state index contributed by atoms with van der Waals surface area (Å²) in [5.41, 5.74) is 4.87. The third-order valence-electron chi connectivity index (χ3n) is 2.59. The molecule has 0 aromatic carbocycles. The molecule has 1 aliphatic rings. The minimum Gasteiger partial charge on any atom is -0.379 e. The topological polar surface area (TPSA) is 64.4 Å². The normalized spacial score (nSPS) is 26.2. The van der Waals surface area contributed by atoms with Crippen LogP contribution < -0.4 is 11.1 Å². The van der Waals surface area contributed by atoms with Crippen LogP contribution in [0.5, 0.6) is 0 Å². The van der Waals surface area contributed by atoms with Crippen LogP contribution in [0.25, 0.3) is 0 Å². The fourth-order valence-corrected chi connectivity index (χ4v) is 1.35. The van der Waals surface area contributed by atoms with E-state index in [2.05, 4.69) is 19.2 Å². The van der Waals surface area contributed by atoms with Crippen LogP contribution in [0, 0.1) is 5.41 Å². The number of nitrogens with two attached hydrogens (primary N) is 1. The fraction of sp³-hybridized carbons (Fsp3) is 0.900. The molecule has 1 atom stereocenters. The van der Waals surface area contributed by atoms with E-state index < -0.39 is 5.54 Å². The number of nitrogens with one attached hydrogen (secondary N) is 1. The summed E-state index contributed by atoms with van der Waals surface area (Å²) in [7, 11) is 0. The largest absolute Gasteiger partial charge is 0.379 e. The molecular formula is C10H20N2O2. The molecule has 1 fully saturated rings. The predicted octanol–water partition coefficient (Wildman–Crippen LogP) is 0.265. The van der Waals surface area contributed by atoms with Gasteiger partial charge < -0.3 is 15.8 Å². The van der Waals surface area contributed by atoms with Gasteiger partial charge in [-0.15, -0.1) is 0 Å². The van der Waals surface area contributed by atoms with Gasteiger partial charge in [0.25, 0.3) is 0 Å². The van der Waals surface area contributed by atoms with Crippen molar-refractivity contribution in [3.8, 4) is 0 Å². The summed E-state index contributed by atoms with van der Waals surface area (Å²) in [6, 6.07) is 0.0674. The van der Waals surface area contributed by atoms with E-state index in [-0.39, 0.29) is 17.4 Å². The van der Waals surface area contributed by atoms with Crippen LogP contribution >= 0.6 is 0 Å². The number of amides is 1. The van der Waals surface area contributed by atoms with Gasteiger partial charge in [-0.2, -0.15) is 0 Å². The van der Waals surface area contributed by atoms with E-state index in [1.807, 2.05) is 0 Å². The van der Waals surface area contributed by atoms with E-state index in [4.69, 9.17) is 10.5 Å². The van der Waals surface area contributed by atoms with Crippen molar-refractivity contribution in [2.75, 3.05) is 13.2 Å². The molecule has 82 valence electrons. The first-order chi connectivity index (χ1) is 6.23. The van der Waals surface area contributed by atoms with Gasteiger partial charge in [-0.25, -0.2) is 0 Å². The molecular weight excluding hydrogens is 180 g/mol. The Balaban J connectivity index is 2.57. The summed E-state index contributed by atoms with van der Waals surface area (Å²) in [5.74, 6) is -0.124. The highest BCUT2D eigenvalue weighted by molar-refractivity contribution is 5.85. The van der Waals surface area contributed by atoms with Gasteiger partial charge in [-0.3, -0.25) is 4.79 Å². The minimum atomic E-state index is -0.821. The summed E-state index contributed by atoms with van der Waals surface area (Å²) >= 11 is 0. The Morgan fingerprint density at radius 1 is 1.57 bits per heavy atom. The van der Waals surface area contributed by atoms with Crippen LogP contribution in [0.15, 0.2) is 0 Å². The molecule has 4 heteroatoms. The zero-order valence-electron chi connectivity index (χ0n) is 9.39. The zero-order valence-corrected chi connectivity index (χ0v) is 9.39. The Hall–Kier alpha value is -0.610. The number of carbonyl (C=O) groups excluding carboxylic acids is 1. The van der Waals surface area contributed by atoms with Crippen LogP contribution in [0.2, 0.25) is 0 Å². The maximum absolute atomic E-state index is 11.6. The highest BCUT2D eigenvalue weighted by Crippen LogP contribution is 2.27. The Labute approximate surface area is 85.2 Å². The molecule has 3 N–H and O–H groups in total. The second-order valence-corrected chi connectivity index (χ2v) is 5.25. The smallest absolute Gasteiger partial charge is 0.239 e. The highest BCUT2D eigenvalue weighted by Gasteiger charge is 2.38. The van der Waals surface area contributed by atoms with Crippen molar-refractivity contribution in [3.63, 3.8) is 0 Å². The predicted molar refractivity (Wildman–Crippen MR) is 54.8 cm³/mol. The molecule has 0 aliphatic carbocycles. The van der Waals surface area contributed by atoms with E-state index in [9.17, 15) is 4.79 Å². The molecule has 1 heterocycles. The molecule has 14 heavy (non-hydrogen) atoms. The SMILES string of the molecule is CC(C)(N)C(=O)NC1COCC1(C)C. The number of rotatable bonds is 2. The van der Waals surface area contributed by atoms with Crippen molar-refractivity contribution in [1.29, 1.82) is 0 Å². The number of ether oxygens (including phenoxy) is 1. The maximum Gasteiger partial charge on any atom is 0.239 e. The van der Waals surface area contributed by atoms with Crippen molar-refractivity contribution < 1.29 is 9.53 Å². The van der Waals surface area contributed by atoms with Gasteiger partial charge in [-0.1, -0.05) is 13.8 Å². The van der Waals surface area contributed by atoms with Crippen molar-refractivity contribution in [2.24, 2.45) is 11.1 Å². The minimum absolute atomic E-state index is 0.000903.